The van der Waals surface area contributed by atoms with E-state index in [-0.39, 0.29) is 16.6 Å². The van der Waals surface area contributed by atoms with Gasteiger partial charge in [-0.05, 0) is 75.1 Å². The van der Waals surface area contributed by atoms with Crippen molar-refractivity contribution < 1.29 is 23.9 Å². The number of methoxy groups -OCH3 is 1. The van der Waals surface area contributed by atoms with E-state index in [1.807, 2.05) is 6.92 Å². The van der Waals surface area contributed by atoms with Crippen molar-refractivity contribution in [2.45, 2.75) is 82.1 Å². The van der Waals surface area contributed by atoms with Crippen LogP contribution in [0, 0.1) is 0 Å². The minimum Gasteiger partial charge on any atom is -0.497 e. The maximum atomic E-state index is 14.3. The summed E-state index contributed by atoms with van der Waals surface area (Å²) in [4.78, 5) is 42.8. The van der Waals surface area contributed by atoms with Crippen LogP contribution in [-0.4, -0.2) is 46.4 Å². The number of nitrogens with zero attached hydrogens (tertiary/aromatic N) is 1. The number of hydrogen-bond donors (Lipinski definition) is 2. The molecule has 0 aliphatic heterocycles. The normalized spacial score (nSPS) is 14.0. The van der Waals surface area contributed by atoms with E-state index in [1.165, 1.54) is 31.5 Å². The van der Waals surface area contributed by atoms with Crippen LogP contribution in [0.5, 0.6) is 5.75 Å². The van der Waals surface area contributed by atoms with E-state index in [9.17, 15) is 14.4 Å². The van der Waals surface area contributed by atoms with Gasteiger partial charge in [-0.2, -0.15) is 5.10 Å². The molecule has 3 rings (SSSR count). The van der Waals surface area contributed by atoms with Gasteiger partial charge >= 0.3 is 5.97 Å². The van der Waals surface area contributed by atoms with Gasteiger partial charge in [0.2, 0.25) is 5.41 Å². The molecule has 9 heteroatoms. The van der Waals surface area contributed by atoms with Crippen molar-refractivity contribution in [2.24, 2.45) is 0 Å². The second kappa shape index (κ2) is 16.0. The fraction of sp³-hybridized carbons (Fsp3) is 0.438. The molecule has 3 aromatic rings. The molecule has 3 atom stereocenters. The quantitative estimate of drug-likeness (QED) is 0.0592. The first-order valence-electron chi connectivity index (χ1n) is 14.2. The van der Waals surface area contributed by atoms with Crippen molar-refractivity contribution in [3.05, 3.63) is 78.1 Å². The number of carbonyl (C=O) groups is 3. The van der Waals surface area contributed by atoms with Gasteiger partial charge in [0.25, 0.3) is 5.91 Å². The summed E-state index contributed by atoms with van der Waals surface area (Å²) in [5, 5.41) is 9.33. The van der Waals surface area contributed by atoms with Crippen LogP contribution < -0.4 is 10.1 Å². The molecule has 0 saturated carbocycles. The number of ether oxygens (including phenoxy) is 2. The summed E-state index contributed by atoms with van der Waals surface area (Å²) in [5.41, 5.74) is -1.79. The van der Waals surface area contributed by atoms with Gasteiger partial charge in [0, 0.05) is 22.8 Å². The molecule has 1 amide bonds. The highest BCUT2D eigenvalue weighted by Crippen LogP contribution is 2.33. The fourth-order valence-corrected chi connectivity index (χ4v) is 4.83. The van der Waals surface area contributed by atoms with Gasteiger partial charge in [0.15, 0.2) is 5.78 Å². The lowest BCUT2D eigenvalue weighted by molar-refractivity contribution is -0.157. The van der Waals surface area contributed by atoms with Crippen molar-refractivity contribution in [3.8, 4) is 5.75 Å². The summed E-state index contributed by atoms with van der Waals surface area (Å²) >= 11 is 6.25. The number of H-pyrrole nitrogens is 1. The highest BCUT2D eigenvalue weighted by molar-refractivity contribution is 6.34. The third kappa shape index (κ3) is 8.43. The number of alkyl halides is 1. The monoisotopic (exact) mass is 581 g/mol. The number of aromatic nitrogens is 2. The number of benzene rings is 2. The standard InChI is InChI=1S/C32H40ClN3O5/c1-4-5-6-7-11-14-27(18-15-23(2)33)41-31(39)32(28-21-22-34-36-28,30(38)35-25-12-9-8-10-13-25)29(37)24-16-19-26(40-3)20-17-24/h8-10,12-13,16-17,19-23,27H,4-7,11,14-15,18H2,1-3H3,(H,34,36)(H,35,38). The Balaban J connectivity index is 2.04. The lowest BCUT2D eigenvalue weighted by Gasteiger charge is -2.30. The summed E-state index contributed by atoms with van der Waals surface area (Å²) in [6.45, 7) is 4.04. The number of carbonyl (C=O) groups excluding carboxylic acids is 3. The number of rotatable bonds is 17. The fourth-order valence-electron chi connectivity index (χ4n) is 4.71. The van der Waals surface area contributed by atoms with E-state index in [2.05, 4.69) is 22.4 Å². The summed E-state index contributed by atoms with van der Waals surface area (Å²) < 4.78 is 11.3. The molecule has 0 radical (unpaired) electrons. The highest BCUT2D eigenvalue weighted by Gasteiger charge is 2.57. The largest absolute Gasteiger partial charge is 0.497 e. The maximum absolute atomic E-state index is 14.3. The van der Waals surface area contributed by atoms with E-state index in [1.54, 1.807) is 42.5 Å². The smallest absolute Gasteiger partial charge is 0.336 e. The van der Waals surface area contributed by atoms with Crippen LogP contribution in [0.15, 0.2) is 66.9 Å². The number of aromatic amines is 1. The minimum absolute atomic E-state index is 0.0177. The Morgan fingerprint density at radius 3 is 2.27 bits per heavy atom. The summed E-state index contributed by atoms with van der Waals surface area (Å²) in [6, 6.07) is 16.4. The molecule has 2 N–H and O–H groups in total. The third-order valence-electron chi connectivity index (χ3n) is 7.07. The number of ketones is 1. The molecule has 0 bridgehead atoms. The van der Waals surface area contributed by atoms with Gasteiger partial charge in [0.1, 0.15) is 11.9 Å². The summed E-state index contributed by atoms with van der Waals surface area (Å²) in [6.07, 6.45) is 7.84. The van der Waals surface area contributed by atoms with Gasteiger partial charge in [-0.15, -0.1) is 11.6 Å². The number of hydrogen-bond acceptors (Lipinski definition) is 6. The number of esters is 1. The Bertz CT molecular complexity index is 1230. The molecule has 0 fully saturated rings. The van der Waals surface area contributed by atoms with Crippen molar-refractivity contribution in [1.82, 2.24) is 10.2 Å². The van der Waals surface area contributed by atoms with E-state index in [0.717, 1.165) is 32.1 Å². The number of halogens is 1. The highest BCUT2D eigenvalue weighted by atomic mass is 35.5. The lowest BCUT2D eigenvalue weighted by Crippen LogP contribution is -2.55. The molecular formula is C32H40ClN3O5. The average Bonchev–Trinajstić information content (AvgIpc) is 3.51. The van der Waals surface area contributed by atoms with Crippen LogP contribution in [0.1, 0.15) is 81.3 Å². The second-order valence-corrected chi connectivity index (χ2v) is 10.9. The molecular weight excluding hydrogens is 542 g/mol. The Labute approximate surface area is 247 Å². The second-order valence-electron chi connectivity index (χ2n) is 10.2. The van der Waals surface area contributed by atoms with E-state index >= 15 is 0 Å². The molecule has 1 aromatic heterocycles. The number of nitrogens with one attached hydrogen (secondary N) is 2. The molecule has 0 spiro atoms. The number of unbranched alkanes of at least 4 members (excludes halogenated alkanes) is 4. The Morgan fingerprint density at radius 1 is 0.951 bits per heavy atom. The number of amides is 1. The van der Waals surface area contributed by atoms with Crippen molar-refractivity contribution in [2.75, 3.05) is 12.4 Å². The number of para-hydroxylation sites is 1. The molecule has 0 aliphatic carbocycles. The van der Waals surface area contributed by atoms with E-state index in [0.29, 0.717) is 30.7 Å². The van der Waals surface area contributed by atoms with E-state index < -0.39 is 29.2 Å². The zero-order chi connectivity index (χ0) is 29.7. The van der Waals surface area contributed by atoms with Gasteiger partial charge < -0.3 is 14.8 Å². The maximum Gasteiger partial charge on any atom is 0.336 e. The molecule has 2 aromatic carbocycles. The first-order chi connectivity index (χ1) is 19.8. The first-order valence-corrected chi connectivity index (χ1v) is 14.7. The van der Waals surface area contributed by atoms with E-state index in [4.69, 9.17) is 21.1 Å². The number of Topliss-reactive ketones (excluding diaryl/α,β-unsaturated/α-hetero) is 1. The molecule has 0 aliphatic rings. The van der Waals surface area contributed by atoms with Crippen LogP contribution in [-0.2, 0) is 19.7 Å². The van der Waals surface area contributed by atoms with Crippen LogP contribution in [0.25, 0.3) is 0 Å². The summed E-state index contributed by atoms with van der Waals surface area (Å²) in [7, 11) is 1.51. The molecule has 41 heavy (non-hydrogen) atoms. The Morgan fingerprint density at radius 2 is 1.66 bits per heavy atom. The van der Waals surface area contributed by atoms with Gasteiger partial charge in [-0.1, -0.05) is 50.8 Å². The van der Waals surface area contributed by atoms with Crippen molar-refractivity contribution in [3.63, 3.8) is 0 Å². The minimum atomic E-state index is -2.38. The van der Waals surface area contributed by atoms with Crippen LogP contribution in [0.3, 0.4) is 0 Å². The Hall–Kier alpha value is -3.65. The van der Waals surface area contributed by atoms with Gasteiger partial charge in [0.05, 0.1) is 12.8 Å². The first kappa shape index (κ1) is 31.9. The lowest BCUT2D eigenvalue weighted by atomic mass is 9.76. The van der Waals surface area contributed by atoms with Crippen LogP contribution >= 0.6 is 11.6 Å². The third-order valence-corrected chi connectivity index (χ3v) is 7.28. The molecule has 1 heterocycles. The van der Waals surface area contributed by atoms with Crippen LogP contribution in [0.4, 0.5) is 5.69 Å². The molecule has 220 valence electrons. The molecule has 0 saturated heterocycles. The Kier molecular flexibility index (Phi) is 12.4. The molecule has 8 nitrogen and oxygen atoms in total. The predicted molar refractivity (Wildman–Crippen MR) is 160 cm³/mol. The van der Waals surface area contributed by atoms with Crippen molar-refractivity contribution >= 4 is 34.9 Å². The van der Waals surface area contributed by atoms with Crippen molar-refractivity contribution in [1.29, 1.82) is 0 Å². The van der Waals surface area contributed by atoms with Gasteiger partial charge in [-0.25, -0.2) is 4.79 Å². The van der Waals surface area contributed by atoms with Gasteiger partial charge in [-0.3, -0.25) is 14.7 Å². The summed E-state index contributed by atoms with van der Waals surface area (Å²) in [5.74, 6) is -2.01. The molecule has 3 unspecified atom stereocenters. The van der Waals surface area contributed by atoms with Crippen LogP contribution in [0.2, 0.25) is 0 Å². The topological polar surface area (TPSA) is 110 Å². The zero-order valence-electron chi connectivity index (χ0n) is 24.0. The predicted octanol–water partition coefficient (Wildman–Crippen LogP) is 6.86. The number of anilines is 1. The zero-order valence-corrected chi connectivity index (χ0v) is 24.8. The average molecular weight is 582 g/mol. The SMILES string of the molecule is CCCCCCCC(CCC(C)Cl)OC(=O)C(C(=O)Nc1ccccc1)(C(=O)c1ccc(OC)cc1)c1ccn[nH]1.